The highest BCUT2D eigenvalue weighted by atomic mass is 32.2. The van der Waals surface area contributed by atoms with Crippen molar-refractivity contribution < 1.29 is 22.4 Å². The number of nitrogen functional groups attached to an aromatic ring is 2. The number of phenolic OH excluding ortho intramolecular Hbond substituents is 1. The van der Waals surface area contributed by atoms with Gasteiger partial charge in [-0.15, -0.1) is 0 Å². The molecule has 1 aromatic heterocycles. The van der Waals surface area contributed by atoms with E-state index in [9.17, 15) is 13.5 Å². The lowest BCUT2D eigenvalue weighted by Gasteiger charge is -2.21. The highest BCUT2D eigenvalue weighted by molar-refractivity contribution is 7.87. The van der Waals surface area contributed by atoms with Gasteiger partial charge in [0, 0.05) is 18.2 Å². The highest BCUT2D eigenvalue weighted by Crippen LogP contribution is 2.42. The van der Waals surface area contributed by atoms with E-state index in [1.807, 2.05) is 27.7 Å². The van der Waals surface area contributed by atoms with E-state index in [1.165, 1.54) is 18.3 Å². The SMILES string of the molecule is CCOc1cc(Cc2cnc(N)nc2N)cc(OS(=O)(=O)CC(C)(C)C)c1-c1ccc(O)cc1. The van der Waals surface area contributed by atoms with Crippen LogP contribution in [0.25, 0.3) is 11.1 Å². The molecule has 0 amide bonds. The van der Waals surface area contributed by atoms with Gasteiger partial charge in [0.1, 0.15) is 17.3 Å². The van der Waals surface area contributed by atoms with Gasteiger partial charge in [-0.1, -0.05) is 32.9 Å². The Morgan fingerprint density at radius 1 is 1.06 bits per heavy atom. The van der Waals surface area contributed by atoms with Crippen LogP contribution in [0, 0.1) is 5.41 Å². The Balaban J connectivity index is 2.17. The summed E-state index contributed by atoms with van der Waals surface area (Å²) in [7, 11) is -3.94. The minimum Gasteiger partial charge on any atom is -0.508 e. The van der Waals surface area contributed by atoms with E-state index in [0.717, 1.165) is 0 Å². The largest absolute Gasteiger partial charge is 0.508 e. The van der Waals surface area contributed by atoms with Crippen LogP contribution in [0.3, 0.4) is 0 Å². The number of hydrogen-bond donors (Lipinski definition) is 3. The molecule has 0 fully saturated rings. The van der Waals surface area contributed by atoms with E-state index in [2.05, 4.69) is 9.97 Å². The fourth-order valence-electron chi connectivity index (χ4n) is 3.48. The van der Waals surface area contributed by atoms with E-state index in [0.29, 0.717) is 41.0 Å². The first-order valence-corrected chi connectivity index (χ1v) is 12.3. The smallest absolute Gasteiger partial charge is 0.309 e. The summed E-state index contributed by atoms with van der Waals surface area (Å²) in [5.41, 5.74) is 13.5. The molecule has 1 heterocycles. The van der Waals surface area contributed by atoms with Gasteiger partial charge in [0.25, 0.3) is 0 Å². The van der Waals surface area contributed by atoms with Crippen molar-refractivity contribution in [3.05, 3.63) is 53.7 Å². The first-order chi connectivity index (χ1) is 15.9. The Morgan fingerprint density at radius 2 is 1.71 bits per heavy atom. The van der Waals surface area contributed by atoms with E-state index in [1.54, 1.807) is 24.3 Å². The number of aromatic nitrogens is 2. The Labute approximate surface area is 199 Å². The molecular weight excluding hydrogens is 456 g/mol. The quantitative estimate of drug-likeness (QED) is 0.404. The van der Waals surface area contributed by atoms with Crippen molar-refractivity contribution in [1.82, 2.24) is 9.97 Å². The maximum Gasteiger partial charge on any atom is 0.309 e. The van der Waals surface area contributed by atoms with Gasteiger partial charge < -0.3 is 25.5 Å². The molecule has 0 unspecified atom stereocenters. The summed E-state index contributed by atoms with van der Waals surface area (Å²) in [5.74, 6) is 0.751. The third-order valence-electron chi connectivity index (χ3n) is 4.72. The molecule has 2 aromatic carbocycles. The molecule has 5 N–H and O–H groups in total. The van der Waals surface area contributed by atoms with Gasteiger partial charge in [0.05, 0.1) is 17.9 Å². The third kappa shape index (κ3) is 6.50. The number of aromatic hydroxyl groups is 1. The van der Waals surface area contributed by atoms with Crippen molar-refractivity contribution in [2.45, 2.75) is 34.1 Å². The van der Waals surface area contributed by atoms with Crippen LogP contribution < -0.4 is 20.4 Å². The van der Waals surface area contributed by atoms with Crippen molar-refractivity contribution in [3.8, 4) is 28.4 Å². The predicted molar refractivity (Wildman–Crippen MR) is 132 cm³/mol. The Morgan fingerprint density at radius 3 is 2.29 bits per heavy atom. The van der Waals surface area contributed by atoms with Gasteiger partial charge in [0.15, 0.2) is 5.75 Å². The lowest BCUT2D eigenvalue weighted by Crippen LogP contribution is -2.24. The third-order valence-corrected chi connectivity index (χ3v) is 6.37. The topological polar surface area (TPSA) is 151 Å². The first-order valence-electron chi connectivity index (χ1n) is 10.7. The minimum absolute atomic E-state index is 0.0660. The second-order valence-electron chi connectivity index (χ2n) is 9.11. The standard InChI is InChI=1S/C24H30N4O5S/c1-5-32-19-11-15(10-17-13-27-23(26)28-22(17)25)12-20(33-34(30,31)14-24(2,3)4)21(19)16-6-8-18(29)9-7-16/h6-9,11-13,29H,5,10,14H2,1-4H3,(H4,25,26,27,28). The van der Waals surface area contributed by atoms with Gasteiger partial charge in [0.2, 0.25) is 5.95 Å². The molecule has 0 bridgehead atoms. The van der Waals surface area contributed by atoms with Crippen molar-refractivity contribution in [1.29, 1.82) is 0 Å². The summed E-state index contributed by atoms with van der Waals surface area (Å²) in [5, 5.41) is 9.72. The van der Waals surface area contributed by atoms with E-state index >= 15 is 0 Å². The predicted octanol–water partition coefficient (Wildman–Crippen LogP) is 3.76. The Kier molecular flexibility index (Phi) is 7.21. The first kappa shape index (κ1) is 25.1. The Bertz CT molecular complexity index is 1270. The summed E-state index contributed by atoms with van der Waals surface area (Å²) in [6.07, 6.45) is 1.83. The molecule has 0 atom stereocenters. The number of nitrogens with two attached hydrogens (primary N) is 2. The van der Waals surface area contributed by atoms with Gasteiger partial charge in [-0.3, -0.25) is 0 Å². The normalized spacial score (nSPS) is 11.9. The molecule has 9 nitrogen and oxygen atoms in total. The summed E-state index contributed by atoms with van der Waals surface area (Å²) in [6.45, 7) is 7.63. The van der Waals surface area contributed by atoms with Gasteiger partial charge >= 0.3 is 10.1 Å². The minimum atomic E-state index is -3.94. The molecule has 10 heteroatoms. The fourth-order valence-corrected chi connectivity index (χ4v) is 5.01. The molecule has 0 aliphatic carbocycles. The molecule has 3 aromatic rings. The number of hydrogen-bond acceptors (Lipinski definition) is 9. The zero-order valence-electron chi connectivity index (χ0n) is 19.7. The monoisotopic (exact) mass is 486 g/mol. The molecular formula is C24H30N4O5S. The van der Waals surface area contributed by atoms with Crippen molar-refractivity contribution in [3.63, 3.8) is 0 Å². The van der Waals surface area contributed by atoms with Crippen LogP contribution in [0.15, 0.2) is 42.6 Å². The number of benzene rings is 2. The van der Waals surface area contributed by atoms with Crippen LogP contribution in [0.2, 0.25) is 0 Å². The maximum atomic E-state index is 12.9. The molecule has 0 spiro atoms. The average Bonchev–Trinajstić information content (AvgIpc) is 2.69. The van der Waals surface area contributed by atoms with Gasteiger partial charge in [-0.2, -0.15) is 13.4 Å². The average molecular weight is 487 g/mol. The van der Waals surface area contributed by atoms with Crippen molar-refractivity contribution >= 4 is 21.9 Å². The molecule has 0 aliphatic heterocycles. The molecule has 3 rings (SSSR count). The van der Waals surface area contributed by atoms with Gasteiger partial charge in [-0.25, -0.2) is 4.98 Å². The van der Waals surface area contributed by atoms with Crippen LogP contribution in [0.1, 0.15) is 38.8 Å². The summed E-state index contributed by atoms with van der Waals surface area (Å²) < 4.78 is 37.4. The fraction of sp³-hybridized carbons (Fsp3) is 0.333. The number of anilines is 2. The highest BCUT2D eigenvalue weighted by Gasteiger charge is 2.26. The number of phenols is 1. The van der Waals surface area contributed by atoms with E-state index in [4.69, 9.17) is 20.4 Å². The van der Waals surface area contributed by atoms with Crippen LogP contribution in [0.4, 0.5) is 11.8 Å². The molecule has 0 saturated heterocycles. The lowest BCUT2D eigenvalue weighted by molar-refractivity contribution is 0.340. The molecule has 0 radical (unpaired) electrons. The van der Waals surface area contributed by atoms with Crippen LogP contribution in [-0.4, -0.2) is 35.9 Å². The van der Waals surface area contributed by atoms with Crippen molar-refractivity contribution in [2.75, 3.05) is 23.8 Å². The zero-order chi connectivity index (χ0) is 25.1. The number of ether oxygens (including phenoxy) is 1. The number of rotatable bonds is 8. The van der Waals surface area contributed by atoms with E-state index < -0.39 is 15.5 Å². The Hall–Kier alpha value is -3.53. The molecule has 0 saturated carbocycles. The summed E-state index contributed by atoms with van der Waals surface area (Å²) in [4.78, 5) is 7.98. The summed E-state index contributed by atoms with van der Waals surface area (Å²) >= 11 is 0. The van der Waals surface area contributed by atoms with Crippen LogP contribution in [0.5, 0.6) is 17.2 Å². The summed E-state index contributed by atoms with van der Waals surface area (Å²) in [6, 6.07) is 9.80. The molecule has 34 heavy (non-hydrogen) atoms. The maximum absolute atomic E-state index is 12.9. The number of nitrogens with zero attached hydrogens (tertiary/aromatic N) is 2. The van der Waals surface area contributed by atoms with Crippen LogP contribution >= 0.6 is 0 Å². The van der Waals surface area contributed by atoms with E-state index in [-0.39, 0.29) is 29.0 Å². The lowest BCUT2D eigenvalue weighted by atomic mass is 9.98. The van der Waals surface area contributed by atoms with Crippen molar-refractivity contribution in [2.24, 2.45) is 5.41 Å². The van der Waals surface area contributed by atoms with Gasteiger partial charge in [-0.05, 0) is 47.7 Å². The van der Waals surface area contributed by atoms with Crippen LogP contribution in [-0.2, 0) is 16.5 Å². The molecule has 182 valence electrons. The second kappa shape index (κ2) is 9.76. The zero-order valence-corrected chi connectivity index (χ0v) is 20.5. The second-order valence-corrected chi connectivity index (χ2v) is 10.7. The molecule has 0 aliphatic rings.